The van der Waals surface area contributed by atoms with Gasteiger partial charge in [-0.2, -0.15) is 0 Å². The van der Waals surface area contributed by atoms with E-state index in [-0.39, 0.29) is 0 Å². The van der Waals surface area contributed by atoms with E-state index in [1.54, 1.807) is 0 Å². The summed E-state index contributed by atoms with van der Waals surface area (Å²) in [4.78, 5) is 2.36. The quantitative estimate of drug-likeness (QED) is 0.175. The molecule has 234 valence electrons. The Morgan fingerprint density at radius 1 is 0.320 bits per heavy atom. The Labute approximate surface area is 290 Å². The molecule has 0 saturated carbocycles. The van der Waals surface area contributed by atoms with Crippen LogP contribution in [0, 0.1) is 0 Å². The summed E-state index contributed by atoms with van der Waals surface area (Å²) >= 11 is 0. The Bertz CT molecular complexity index is 2850. The molecule has 0 radical (unpaired) electrons. The van der Waals surface area contributed by atoms with Crippen LogP contribution in [0.3, 0.4) is 0 Å². The van der Waals surface area contributed by atoms with E-state index in [0.29, 0.717) is 0 Å². The van der Waals surface area contributed by atoms with Gasteiger partial charge in [-0.25, -0.2) is 0 Å². The minimum atomic E-state index is 0.878. The van der Waals surface area contributed by atoms with Crippen molar-refractivity contribution in [2.24, 2.45) is 0 Å². The molecule has 9 aromatic carbocycles. The van der Waals surface area contributed by atoms with Crippen molar-refractivity contribution in [2.45, 2.75) is 0 Å². The van der Waals surface area contributed by atoms with Crippen molar-refractivity contribution in [3.8, 4) is 22.3 Å². The average Bonchev–Trinajstić information content (AvgIpc) is 3.57. The van der Waals surface area contributed by atoms with E-state index in [4.69, 9.17) is 4.42 Å². The van der Waals surface area contributed by atoms with Gasteiger partial charge in [0.2, 0.25) is 0 Å². The van der Waals surface area contributed by atoms with Crippen molar-refractivity contribution >= 4 is 71.3 Å². The van der Waals surface area contributed by atoms with Crippen LogP contribution in [0.25, 0.3) is 76.5 Å². The Hall–Kier alpha value is -6.64. The number of hydrogen-bond donors (Lipinski definition) is 0. The Kier molecular flexibility index (Phi) is 6.53. The molecule has 0 aliphatic heterocycles. The third kappa shape index (κ3) is 4.65. The van der Waals surface area contributed by atoms with Crippen LogP contribution in [-0.2, 0) is 0 Å². The smallest absolute Gasteiger partial charge is 0.143 e. The summed E-state index contributed by atoms with van der Waals surface area (Å²) in [5, 5.41) is 9.50. The first kappa shape index (κ1) is 28.4. The predicted molar refractivity (Wildman–Crippen MR) is 212 cm³/mol. The number of hydrogen-bond acceptors (Lipinski definition) is 2. The molecule has 2 heteroatoms. The molecule has 0 fully saturated rings. The predicted octanol–water partition coefficient (Wildman–Crippen LogP) is 13.8. The summed E-state index contributed by atoms with van der Waals surface area (Å²) in [6.07, 6.45) is 0. The van der Waals surface area contributed by atoms with Gasteiger partial charge in [0.15, 0.2) is 0 Å². The van der Waals surface area contributed by atoms with Crippen LogP contribution >= 0.6 is 0 Å². The maximum absolute atomic E-state index is 6.65. The van der Waals surface area contributed by atoms with Crippen LogP contribution < -0.4 is 4.90 Å². The van der Waals surface area contributed by atoms with Gasteiger partial charge in [-0.1, -0.05) is 140 Å². The first-order valence-corrected chi connectivity index (χ1v) is 17.1. The van der Waals surface area contributed by atoms with Crippen molar-refractivity contribution in [1.82, 2.24) is 0 Å². The fraction of sp³-hybridized carbons (Fsp3) is 0. The van der Waals surface area contributed by atoms with E-state index in [0.717, 1.165) is 44.4 Å². The van der Waals surface area contributed by atoms with Gasteiger partial charge >= 0.3 is 0 Å². The molecule has 0 amide bonds. The average molecular weight is 638 g/mol. The fourth-order valence-corrected chi connectivity index (χ4v) is 7.60. The third-order valence-electron chi connectivity index (χ3n) is 10.0. The molecule has 0 N–H and O–H groups in total. The lowest BCUT2D eigenvalue weighted by Gasteiger charge is -2.26. The highest BCUT2D eigenvalue weighted by molar-refractivity contribution is 6.19. The Balaban J connectivity index is 1.19. The molecule has 0 atom stereocenters. The van der Waals surface area contributed by atoms with E-state index >= 15 is 0 Å². The molecule has 1 heterocycles. The maximum Gasteiger partial charge on any atom is 0.143 e. The normalized spacial score (nSPS) is 11.6. The topological polar surface area (TPSA) is 16.4 Å². The van der Waals surface area contributed by atoms with E-state index < -0.39 is 0 Å². The van der Waals surface area contributed by atoms with Gasteiger partial charge in [0, 0.05) is 33.2 Å². The lowest BCUT2D eigenvalue weighted by atomic mass is 9.95. The zero-order valence-electron chi connectivity index (χ0n) is 27.3. The molecule has 0 bridgehead atoms. The number of furan rings is 1. The molecule has 1 aromatic heterocycles. The van der Waals surface area contributed by atoms with Crippen molar-refractivity contribution in [3.05, 3.63) is 188 Å². The zero-order valence-corrected chi connectivity index (χ0v) is 27.3. The summed E-state index contributed by atoms with van der Waals surface area (Å²) in [6, 6.07) is 67.5. The summed E-state index contributed by atoms with van der Waals surface area (Å²) in [7, 11) is 0. The second kappa shape index (κ2) is 11.5. The van der Waals surface area contributed by atoms with Crippen molar-refractivity contribution in [3.63, 3.8) is 0 Å². The van der Waals surface area contributed by atoms with Gasteiger partial charge in [0.05, 0.1) is 0 Å². The molecule has 0 aliphatic carbocycles. The minimum Gasteiger partial charge on any atom is -0.455 e. The summed E-state index contributed by atoms with van der Waals surface area (Å²) in [5.74, 6) is 0. The first-order chi connectivity index (χ1) is 24.8. The third-order valence-corrected chi connectivity index (χ3v) is 10.0. The molecule has 0 unspecified atom stereocenters. The van der Waals surface area contributed by atoms with Gasteiger partial charge in [-0.3, -0.25) is 0 Å². The van der Waals surface area contributed by atoms with Crippen LogP contribution in [0.4, 0.5) is 17.1 Å². The van der Waals surface area contributed by atoms with Gasteiger partial charge in [-0.15, -0.1) is 0 Å². The number of fused-ring (bicyclic) bond motifs is 8. The lowest BCUT2D eigenvalue weighted by Crippen LogP contribution is -2.09. The van der Waals surface area contributed by atoms with Crippen LogP contribution in [0.15, 0.2) is 192 Å². The maximum atomic E-state index is 6.65. The van der Waals surface area contributed by atoms with Gasteiger partial charge in [-0.05, 0) is 97.7 Å². The molecule has 10 aromatic rings. The molecule has 2 nitrogen and oxygen atoms in total. The zero-order chi connectivity index (χ0) is 33.0. The SMILES string of the molecule is c1ccc(-c2ccc(N(c3ccc4c(ccc5ccccc54)c3)c3ccc4oc5c6ccccc6c(-c6ccccc6)cc5c4c3)cc2)cc1. The highest BCUT2D eigenvalue weighted by Gasteiger charge is 2.19. The number of rotatable bonds is 5. The second-order valence-corrected chi connectivity index (χ2v) is 12.9. The molecule has 50 heavy (non-hydrogen) atoms. The number of benzene rings is 9. The minimum absolute atomic E-state index is 0.878. The van der Waals surface area contributed by atoms with Crippen molar-refractivity contribution in [2.75, 3.05) is 4.90 Å². The van der Waals surface area contributed by atoms with Gasteiger partial charge in [0.25, 0.3) is 0 Å². The number of nitrogens with zero attached hydrogens (tertiary/aromatic N) is 1. The molecule has 0 saturated heterocycles. The second-order valence-electron chi connectivity index (χ2n) is 12.9. The van der Waals surface area contributed by atoms with Gasteiger partial charge < -0.3 is 9.32 Å². The monoisotopic (exact) mass is 637 g/mol. The Morgan fingerprint density at radius 2 is 0.900 bits per heavy atom. The highest BCUT2D eigenvalue weighted by Crippen LogP contribution is 2.43. The highest BCUT2D eigenvalue weighted by atomic mass is 16.3. The van der Waals surface area contributed by atoms with Crippen LogP contribution in [0.2, 0.25) is 0 Å². The van der Waals surface area contributed by atoms with Crippen molar-refractivity contribution < 1.29 is 4.42 Å². The van der Waals surface area contributed by atoms with Crippen LogP contribution in [0.5, 0.6) is 0 Å². The first-order valence-electron chi connectivity index (χ1n) is 17.1. The van der Waals surface area contributed by atoms with Crippen LogP contribution in [-0.4, -0.2) is 0 Å². The van der Waals surface area contributed by atoms with Crippen molar-refractivity contribution in [1.29, 1.82) is 0 Å². The molecule has 10 rings (SSSR count). The molecule has 0 spiro atoms. The van der Waals surface area contributed by atoms with E-state index in [9.17, 15) is 0 Å². The fourth-order valence-electron chi connectivity index (χ4n) is 7.60. The molecular formula is C48H31NO. The molecule has 0 aliphatic rings. The summed E-state index contributed by atoms with van der Waals surface area (Å²) < 4.78 is 6.65. The number of anilines is 3. The van der Waals surface area contributed by atoms with Crippen LogP contribution in [0.1, 0.15) is 0 Å². The lowest BCUT2D eigenvalue weighted by molar-refractivity contribution is 0.672. The summed E-state index contributed by atoms with van der Waals surface area (Å²) in [6.45, 7) is 0. The van der Waals surface area contributed by atoms with Gasteiger partial charge in [0.1, 0.15) is 11.2 Å². The Morgan fingerprint density at radius 3 is 1.70 bits per heavy atom. The van der Waals surface area contributed by atoms with E-state index in [2.05, 4.69) is 193 Å². The molecular weight excluding hydrogens is 607 g/mol. The van der Waals surface area contributed by atoms with E-state index in [1.165, 1.54) is 49.2 Å². The van der Waals surface area contributed by atoms with E-state index in [1.807, 2.05) is 0 Å². The standard InChI is InChI=1S/C48H31NO/c1-3-11-32(12-4-1)33-21-23-37(24-22-33)49(38-25-27-41-36(29-38)20-19-35-15-7-8-16-40(35)41)39-26-28-47-45(30-39)46-31-44(34-13-5-2-6-14-34)42-17-9-10-18-43(42)48(46)50-47/h1-31H. The summed E-state index contributed by atoms with van der Waals surface area (Å²) in [5.41, 5.74) is 9.85. The largest absolute Gasteiger partial charge is 0.455 e.